The van der Waals surface area contributed by atoms with E-state index < -0.39 is 11.7 Å². The fraction of sp³-hybridized carbons (Fsp3) is 0.467. The summed E-state index contributed by atoms with van der Waals surface area (Å²) >= 11 is 0. The summed E-state index contributed by atoms with van der Waals surface area (Å²) in [6.45, 7) is 7.17. The maximum absolute atomic E-state index is 13.6. The van der Waals surface area contributed by atoms with Gasteiger partial charge < -0.3 is 29.8 Å². The SMILES string of the molecule is Cn1c(-c2cc3cccnc3n2CC2CC2)nc2cc(C(=O)N3C[C@H](N)C[C@H](NC(=O)OC(C)(C)C)C3)ccc21. The van der Waals surface area contributed by atoms with Gasteiger partial charge in [0.25, 0.3) is 5.91 Å². The number of alkyl carbamates (subject to hydrolysis) is 1. The Hall–Kier alpha value is -3.92. The number of carbonyl (C=O) groups is 2. The molecule has 1 saturated heterocycles. The lowest BCUT2D eigenvalue weighted by molar-refractivity contribution is 0.0443. The van der Waals surface area contributed by atoms with E-state index in [9.17, 15) is 9.59 Å². The molecule has 4 aromatic rings. The van der Waals surface area contributed by atoms with Crippen LogP contribution in [0, 0.1) is 5.92 Å². The Morgan fingerprint density at radius 2 is 1.95 bits per heavy atom. The number of nitrogens with two attached hydrogens (primary N) is 1. The van der Waals surface area contributed by atoms with E-state index in [1.165, 1.54) is 12.8 Å². The Bertz CT molecular complexity index is 1590. The number of benzene rings is 1. The second-order valence-corrected chi connectivity index (χ2v) is 12.2. The Balaban J connectivity index is 1.27. The fourth-order valence-corrected chi connectivity index (χ4v) is 5.64. The minimum absolute atomic E-state index is 0.132. The van der Waals surface area contributed by atoms with Crippen molar-refractivity contribution in [1.29, 1.82) is 0 Å². The molecule has 1 aliphatic heterocycles. The molecule has 3 N–H and O–H groups in total. The van der Waals surface area contributed by atoms with Crippen LogP contribution in [0.5, 0.6) is 0 Å². The molecule has 0 bridgehead atoms. The van der Waals surface area contributed by atoms with Crippen LogP contribution in [0.1, 0.15) is 50.4 Å². The molecule has 4 heterocycles. The molecule has 210 valence electrons. The molecule has 2 aliphatic rings. The van der Waals surface area contributed by atoms with Crippen LogP contribution >= 0.6 is 0 Å². The van der Waals surface area contributed by atoms with E-state index in [1.807, 2.05) is 58.3 Å². The van der Waals surface area contributed by atoms with Crippen LogP contribution in [-0.4, -0.2) is 66.8 Å². The largest absolute Gasteiger partial charge is 0.444 e. The highest BCUT2D eigenvalue weighted by Crippen LogP contribution is 2.36. The van der Waals surface area contributed by atoms with Crippen molar-refractivity contribution in [2.24, 2.45) is 18.7 Å². The lowest BCUT2D eigenvalue weighted by Gasteiger charge is -2.36. The van der Waals surface area contributed by atoms with E-state index in [0.717, 1.165) is 40.1 Å². The number of carbonyl (C=O) groups excluding carboxylic acids is 2. The number of hydrogen-bond donors (Lipinski definition) is 2. The summed E-state index contributed by atoms with van der Waals surface area (Å²) in [5.41, 5.74) is 9.94. The average molecular weight is 544 g/mol. The molecular formula is C30H37N7O3. The highest BCUT2D eigenvalue weighted by atomic mass is 16.6. The fourth-order valence-electron chi connectivity index (χ4n) is 5.64. The summed E-state index contributed by atoms with van der Waals surface area (Å²) in [5.74, 6) is 1.40. The van der Waals surface area contributed by atoms with Gasteiger partial charge in [-0.05, 0) is 82.3 Å². The molecule has 3 aromatic heterocycles. The number of rotatable bonds is 5. The van der Waals surface area contributed by atoms with E-state index in [1.54, 1.807) is 4.90 Å². The maximum atomic E-state index is 13.6. The van der Waals surface area contributed by atoms with Gasteiger partial charge in [0.05, 0.1) is 22.8 Å². The standard InChI is InChI=1S/C30H37N7O3/c1-30(2,3)40-29(39)33-22-14-21(31)16-36(17-22)28(38)20-9-10-24-23(12-20)34-27(35(24)4)25-13-19-6-5-11-32-26(19)37(25)15-18-7-8-18/h5-6,9-13,18,21-22H,7-8,14-17,31H2,1-4H3,(H,33,39)/t21-,22+/m1/s1. The number of amides is 2. The summed E-state index contributed by atoms with van der Waals surface area (Å²) in [7, 11) is 2.01. The maximum Gasteiger partial charge on any atom is 0.407 e. The van der Waals surface area contributed by atoms with Crippen molar-refractivity contribution in [3.05, 3.63) is 48.2 Å². The Labute approximate surface area is 233 Å². The van der Waals surface area contributed by atoms with Crippen LogP contribution in [0.3, 0.4) is 0 Å². The summed E-state index contributed by atoms with van der Waals surface area (Å²) in [6, 6.07) is 11.3. The second kappa shape index (κ2) is 9.92. The first-order valence-electron chi connectivity index (χ1n) is 14.0. The predicted molar refractivity (Wildman–Crippen MR) is 154 cm³/mol. The summed E-state index contributed by atoms with van der Waals surface area (Å²) < 4.78 is 9.76. The van der Waals surface area contributed by atoms with Crippen LogP contribution in [0.2, 0.25) is 0 Å². The molecule has 40 heavy (non-hydrogen) atoms. The number of hydrogen-bond acceptors (Lipinski definition) is 6. The lowest BCUT2D eigenvalue weighted by Crippen LogP contribution is -2.56. The Morgan fingerprint density at radius 3 is 2.70 bits per heavy atom. The molecule has 1 aromatic carbocycles. The molecule has 0 spiro atoms. The first-order valence-corrected chi connectivity index (χ1v) is 14.0. The first-order chi connectivity index (χ1) is 19.1. The quantitative estimate of drug-likeness (QED) is 0.392. The number of nitrogens with zero attached hydrogens (tertiary/aromatic N) is 5. The molecule has 2 fully saturated rings. The molecule has 2 amide bonds. The topological polar surface area (TPSA) is 120 Å². The number of pyridine rings is 1. The van der Waals surface area contributed by atoms with Crippen molar-refractivity contribution in [2.45, 2.75) is 64.3 Å². The van der Waals surface area contributed by atoms with Gasteiger partial charge in [0.15, 0.2) is 5.82 Å². The smallest absolute Gasteiger partial charge is 0.407 e. The van der Waals surface area contributed by atoms with Gasteiger partial charge in [0.2, 0.25) is 0 Å². The molecule has 0 radical (unpaired) electrons. The molecular weight excluding hydrogens is 506 g/mol. The monoisotopic (exact) mass is 543 g/mol. The van der Waals surface area contributed by atoms with E-state index in [4.69, 9.17) is 15.5 Å². The summed E-state index contributed by atoms with van der Waals surface area (Å²) in [5, 5.41) is 3.97. The van der Waals surface area contributed by atoms with Gasteiger partial charge in [-0.2, -0.15) is 0 Å². The number of piperidine rings is 1. The molecule has 10 nitrogen and oxygen atoms in total. The van der Waals surface area contributed by atoms with Gasteiger partial charge >= 0.3 is 6.09 Å². The molecule has 10 heteroatoms. The van der Waals surface area contributed by atoms with Gasteiger partial charge in [-0.25, -0.2) is 14.8 Å². The highest BCUT2D eigenvalue weighted by molar-refractivity contribution is 5.98. The number of fused-ring (bicyclic) bond motifs is 2. The molecule has 6 rings (SSSR count). The first kappa shape index (κ1) is 26.3. The van der Waals surface area contributed by atoms with Crippen LogP contribution in [0.15, 0.2) is 42.6 Å². The van der Waals surface area contributed by atoms with Crippen molar-refractivity contribution >= 4 is 34.1 Å². The van der Waals surface area contributed by atoms with Gasteiger partial charge in [0, 0.05) is 49.9 Å². The van der Waals surface area contributed by atoms with Gasteiger partial charge in [-0.1, -0.05) is 0 Å². The number of aromatic nitrogens is 4. The van der Waals surface area contributed by atoms with Crippen molar-refractivity contribution in [1.82, 2.24) is 29.3 Å². The number of imidazole rings is 1. The Morgan fingerprint density at radius 1 is 1.15 bits per heavy atom. The third-order valence-corrected chi connectivity index (χ3v) is 7.64. The lowest BCUT2D eigenvalue weighted by atomic mass is 10.0. The van der Waals surface area contributed by atoms with Crippen LogP contribution in [0.4, 0.5) is 4.79 Å². The zero-order valence-electron chi connectivity index (χ0n) is 23.6. The predicted octanol–water partition coefficient (Wildman–Crippen LogP) is 4.07. The van der Waals surface area contributed by atoms with Gasteiger partial charge in [-0.3, -0.25) is 4.79 Å². The van der Waals surface area contributed by atoms with Gasteiger partial charge in [-0.15, -0.1) is 0 Å². The number of ether oxygens (including phenoxy) is 1. The minimum atomic E-state index is -0.601. The average Bonchev–Trinajstić information content (AvgIpc) is 3.56. The zero-order valence-corrected chi connectivity index (χ0v) is 23.6. The molecule has 1 aliphatic carbocycles. The van der Waals surface area contributed by atoms with Crippen LogP contribution in [-0.2, 0) is 18.3 Å². The molecule has 0 unspecified atom stereocenters. The van der Waals surface area contributed by atoms with Crippen molar-refractivity contribution in [3.8, 4) is 11.5 Å². The van der Waals surface area contributed by atoms with Gasteiger partial charge in [0.1, 0.15) is 11.2 Å². The van der Waals surface area contributed by atoms with E-state index in [2.05, 4.69) is 31.6 Å². The Kier molecular flexibility index (Phi) is 6.53. The summed E-state index contributed by atoms with van der Waals surface area (Å²) in [6.07, 6.45) is 4.40. The normalized spacial score (nSPS) is 19.8. The second-order valence-electron chi connectivity index (χ2n) is 12.2. The minimum Gasteiger partial charge on any atom is -0.444 e. The van der Waals surface area contributed by atoms with Crippen LogP contribution < -0.4 is 11.1 Å². The van der Waals surface area contributed by atoms with Crippen molar-refractivity contribution < 1.29 is 14.3 Å². The van der Waals surface area contributed by atoms with Crippen LogP contribution in [0.25, 0.3) is 33.6 Å². The van der Waals surface area contributed by atoms with Crippen molar-refractivity contribution in [2.75, 3.05) is 13.1 Å². The molecule has 2 atom stereocenters. The zero-order chi connectivity index (χ0) is 28.2. The van der Waals surface area contributed by atoms with E-state index >= 15 is 0 Å². The van der Waals surface area contributed by atoms with E-state index in [0.29, 0.717) is 31.0 Å². The third-order valence-electron chi connectivity index (χ3n) is 7.64. The number of likely N-dealkylation sites (tertiary alicyclic amines) is 1. The number of aryl methyl sites for hydroxylation is 1. The number of nitrogens with one attached hydrogen (secondary N) is 1. The van der Waals surface area contributed by atoms with E-state index in [-0.39, 0.29) is 18.0 Å². The summed E-state index contributed by atoms with van der Waals surface area (Å²) in [4.78, 5) is 37.3. The highest BCUT2D eigenvalue weighted by Gasteiger charge is 2.31. The van der Waals surface area contributed by atoms with Crippen molar-refractivity contribution in [3.63, 3.8) is 0 Å². The molecule has 1 saturated carbocycles. The third kappa shape index (κ3) is 5.28.